The average molecular weight is 219 g/mol. The summed E-state index contributed by atoms with van der Waals surface area (Å²) in [6, 6.07) is 5.35. The van der Waals surface area contributed by atoms with Crippen molar-refractivity contribution in [3.05, 3.63) is 40.5 Å². The van der Waals surface area contributed by atoms with E-state index >= 15 is 0 Å². The zero-order chi connectivity index (χ0) is 11.3. The lowest BCUT2D eigenvalue weighted by Gasteiger charge is -1.91. The van der Waals surface area contributed by atoms with Crippen molar-refractivity contribution in [1.82, 2.24) is 4.98 Å². The van der Waals surface area contributed by atoms with Crippen LogP contribution < -0.4 is 5.63 Å². The summed E-state index contributed by atoms with van der Waals surface area (Å²) in [6.07, 6.45) is 0. The number of hydrogen-bond acceptors (Lipinski definition) is 3. The zero-order valence-corrected chi connectivity index (χ0v) is 7.95. The van der Waals surface area contributed by atoms with Gasteiger partial charge in [-0.1, -0.05) is 0 Å². The van der Waals surface area contributed by atoms with Crippen LogP contribution in [-0.4, -0.2) is 10.1 Å². The summed E-state index contributed by atoms with van der Waals surface area (Å²) in [6.45, 7) is 0. The van der Waals surface area contributed by atoms with Gasteiger partial charge in [0.15, 0.2) is 0 Å². The topological polar surface area (TPSA) is 66.2 Å². The van der Waals surface area contributed by atoms with Gasteiger partial charge >= 0.3 is 11.6 Å². The molecule has 3 rings (SSSR count). The van der Waals surface area contributed by atoms with Crippen molar-refractivity contribution in [1.29, 1.82) is 0 Å². The fraction of sp³-hybridized carbons (Fsp3) is 0. The van der Waals surface area contributed by atoms with E-state index in [1.807, 2.05) is 0 Å². The first kappa shape index (κ1) is 8.96. The molecule has 0 aliphatic rings. The monoisotopic (exact) mass is 219 g/mol. The van der Waals surface area contributed by atoms with E-state index in [2.05, 4.69) is 9.40 Å². The molecule has 0 aliphatic heterocycles. The molecule has 0 unspecified atom stereocenters. The van der Waals surface area contributed by atoms with E-state index in [4.69, 9.17) is 0 Å². The predicted octanol–water partition coefficient (Wildman–Crippen LogP) is 2.12. The van der Waals surface area contributed by atoms with Crippen LogP contribution in [-0.2, 0) is 0 Å². The molecule has 0 bridgehead atoms. The first-order valence-corrected chi connectivity index (χ1v) is 4.59. The third kappa shape index (κ3) is 1.11. The van der Waals surface area contributed by atoms with Crippen LogP contribution in [0.3, 0.4) is 0 Å². The Morgan fingerprint density at radius 2 is 2.06 bits per heavy atom. The molecule has 0 spiro atoms. The van der Waals surface area contributed by atoms with E-state index in [0.717, 1.165) is 0 Å². The van der Waals surface area contributed by atoms with Gasteiger partial charge in [0, 0.05) is 22.4 Å². The molecule has 0 radical (unpaired) electrons. The highest BCUT2D eigenvalue weighted by molar-refractivity contribution is 6.08. The molecule has 80 valence electrons. The Hall–Kier alpha value is -2.30. The predicted molar refractivity (Wildman–Crippen MR) is 56.0 cm³/mol. The number of aromatic nitrogens is 1. The minimum Gasteiger partial charge on any atom is -0.479 e. The van der Waals surface area contributed by atoms with Crippen molar-refractivity contribution in [3.63, 3.8) is 0 Å². The van der Waals surface area contributed by atoms with Gasteiger partial charge in [0.2, 0.25) is 0 Å². The van der Waals surface area contributed by atoms with E-state index in [0.29, 0.717) is 21.8 Å². The molecule has 4 nitrogen and oxygen atoms in total. The van der Waals surface area contributed by atoms with Crippen LogP contribution in [0.2, 0.25) is 0 Å². The van der Waals surface area contributed by atoms with Crippen LogP contribution in [0.1, 0.15) is 0 Å². The summed E-state index contributed by atoms with van der Waals surface area (Å²) in [5.74, 6) is -0.889. The minimum absolute atomic E-state index is 0.292. The largest absolute Gasteiger partial charge is 0.479 e. The Morgan fingerprint density at radius 3 is 2.88 bits per heavy atom. The summed E-state index contributed by atoms with van der Waals surface area (Å²) < 4.78 is 17.6. The lowest BCUT2D eigenvalue weighted by molar-refractivity contribution is 0.316. The average Bonchev–Trinajstić information content (AvgIpc) is 2.57. The molecule has 16 heavy (non-hydrogen) atoms. The van der Waals surface area contributed by atoms with Gasteiger partial charge in [0.25, 0.3) is 0 Å². The molecular weight excluding hydrogens is 213 g/mol. The molecule has 0 amide bonds. The van der Waals surface area contributed by atoms with Crippen LogP contribution in [0.5, 0.6) is 5.95 Å². The number of aromatic amines is 1. The van der Waals surface area contributed by atoms with Crippen molar-refractivity contribution >= 4 is 21.8 Å². The second-order valence-electron chi connectivity index (χ2n) is 3.47. The van der Waals surface area contributed by atoms with Crippen molar-refractivity contribution in [2.45, 2.75) is 0 Å². The molecule has 2 N–H and O–H groups in total. The maximum Gasteiger partial charge on any atom is 0.339 e. The Kier molecular flexibility index (Phi) is 1.60. The summed E-state index contributed by atoms with van der Waals surface area (Å²) in [4.78, 5) is 13.9. The molecule has 5 heteroatoms. The van der Waals surface area contributed by atoms with Gasteiger partial charge < -0.3 is 14.5 Å². The Morgan fingerprint density at radius 1 is 1.25 bits per heavy atom. The highest BCUT2D eigenvalue weighted by Gasteiger charge is 2.11. The molecule has 0 atom stereocenters. The van der Waals surface area contributed by atoms with Gasteiger partial charge in [-0.05, 0) is 18.2 Å². The fourth-order valence-corrected chi connectivity index (χ4v) is 1.80. The standard InChI is InChI=1S/C11H6FNO3/c12-5-1-2-8-6(3-5)7-4-9(14)16-11(15)10(7)13-8/h1-4,13,15H. The van der Waals surface area contributed by atoms with Crippen LogP contribution in [0.25, 0.3) is 21.8 Å². The van der Waals surface area contributed by atoms with E-state index in [1.54, 1.807) is 0 Å². The molecule has 0 fully saturated rings. The summed E-state index contributed by atoms with van der Waals surface area (Å²) >= 11 is 0. The van der Waals surface area contributed by atoms with Crippen LogP contribution >= 0.6 is 0 Å². The zero-order valence-electron chi connectivity index (χ0n) is 7.95. The Balaban J connectivity index is 2.62. The Bertz CT molecular complexity index is 757. The number of H-pyrrole nitrogens is 1. The molecular formula is C11H6FNO3. The molecule has 3 aromatic rings. The molecule has 2 heterocycles. The van der Waals surface area contributed by atoms with Crippen molar-refractivity contribution in [2.24, 2.45) is 0 Å². The van der Waals surface area contributed by atoms with E-state index in [-0.39, 0.29) is 0 Å². The van der Waals surface area contributed by atoms with Crippen LogP contribution in [0, 0.1) is 5.82 Å². The van der Waals surface area contributed by atoms with Crippen molar-refractivity contribution in [3.8, 4) is 5.95 Å². The lowest BCUT2D eigenvalue weighted by Crippen LogP contribution is -1.94. The highest BCUT2D eigenvalue weighted by Crippen LogP contribution is 2.29. The second-order valence-corrected chi connectivity index (χ2v) is 3.47. The van der Waals surface area contributed by atoms with E-state index < -0.39 is 17.4 Å². The molecule has 0 aliphatic carbocycles. The first-order chi connectivity index (χ1) is 7.65. The Labute approximate surface area is 87.9 Å². The van der Waals surface area contributed by atoms with E-state index in [9.17, 15) is 14.3 Å². The highest BCUT2D eigenvalue weighted by atomic mass is 19.1. The number of halogens is 1. The van der Waals surface area contributed by atoms with Gasteiger partial charge in [-0.3, -0.25) is 0 Å². The fourth-order valence-electron chi connectivity index (χ4n) is 1.80. The van der Waals surface area contributed by atoms with Gasteiger partial charge in [0.1, 0.15) is 11.3 Å². The van der Waals surface area contributed by atoms with Gasteiger partial charge in [-0.25, -0.2) is 9.18 Å². The maximum atomic E-state index is 13.1. The number of rotatable bonds is 0. The smallest absolute Gasteiger partial charge is 0.339 e. The lowest BCUT2D eigenvalue weighted by atomic mass is 10.2. The number of benzene rings is 1. The third-order valence-corrected chi connectivity index (χ3v) is 2.47. The van der Waals surface area contributed by atoms with E-state index in [1.165, 1.54) is 24.3 Å². The molecule has 2 aromatic heterocycles. The number of hydrogen-bond donors (Lipinski definition) is 2. The summed E-state index contributed by atoms with van der Waals surface area (Å²) in [5.41, 5.74) is 0.253. The van der Waals surface area contributed by atoms with Crippen LogP contribution in [0.15, 0.2) is 33.5 Å². The van der Waals surface area contributed by atoms with Gasteiger partial charge in [-0.2, -0.15) is 0 Å². The maximum absolute atomic E-state index is 13.1. The van der Waals surface area contributed by atoms with Gasteiger partial charge in [-0.15, -0.1) is 0 Å². The first-order valence-electron chi connectivity index (χ1n) is 4.59. The second kappa shape index (κ2) is 2.85. The SMILES string of the molecule is O=c1cc2c([nH]c3ccc(F)cc32)c(O)o1. The number of nitrogens with one attached hydrogen (secondary N) is 1. The minimum atomic E-state index is -0.671. The van der Waals surface area contributed by atoms with Gasteiger partial charge in [0.05, 0.1) is 0 Å². The van der Waals surface area contributed by atoms with Crippen LogP contribution in [0.4, 0.5) is 4.39 Å². The molecule has 0 saturated heterocycles. The van der Waals surface area contributed by atoms with Crippen molar-refractivity contribution < 1.29 is 13.9 Å². The summed E-state index contributed by atoms with van der Waals surface area (Å²) in [5, 5.41) is 10.4. The third-order valence-electron chi connectivity index (χ3n) is 2.47. The quantitative estimate of drug-likeness (QED) is 0.608. The normalized spacial score (nSPS) is 11.3. The van der Waals surface area contributed by atoms with Crippen molar-refractivity contribution in [2.75, 3.05) is 0 Å². The molecule has 0 saturated carbocycles. The summed E-state index contributed by atoms with van der Waals surface area (Å²) in [7, 11) is 0. The number of aromatic hydroxyl groups is 1. The number of fused-ring (bicyclic) bond motifs is 3. The molecule has 1 aromatic carbocycles.